The monoisotopic (exact) mass is 335 g/mol. The highest BCUT2D eigenvalue weighted by Crippen LogP contribution is 2.20. The van der Waals surface area contributed by atoms with E-state index in [1.165, 1.54) is 10.6 Å². The van der Waals surface area contributed by atoms with Gasteiger partial charge in [0, 0.05) is 11.8 Å². The number of H-pyrrole nitrogens is 1. The van der Waals surface area contributed by atoms with E-state index in [9.17, 15) is 9.90 Å². The number of aromatic hydroxyl groups is 1. The number of benzene rings is 1. The van der Waals surface area contributed by atoms with E-state index in [0.29, 0.717) is 23.8 Å². The maximum absolute atomic E-state index is 12.3. The van der Waals surface area contributed by atoms with E-state index in [-0.39, 0.29) is 11.3 Å². The van der Waals surface area contributed by atoms with E-state index in [1.807, 2.05) is 12.2 Å². The highest BCUT2D eigenvalue weighted by Gasteiger charge is 2.12. The van der Waals surface area contributed by atoms with Crippen molar-refractivity contribution < 1.29 is 5.11 Å². The molecule has 0 aliphatic heterocycles. The number of aromatic nitrogens is 4. The molecule has 1 aliphatic carbocycles. The Hall–Kier alpha value is -3.35. The van der Waals surface area contributed by atoms with Crippen LogP contribution in [-0.2, 0) is 6.54 Å². The van der Waals surface area contributed by atoms with Crippen molar-refractivity contribution in [2.45, 2.75) is 19.4 Å². The lowest BCUT2D eigenvalue weighted by molar-refractivity contribution is 0.475. The lowest BCUT2D eigenvalue weighted by Gasteiger charge is -2.05. The first-order chi connectivity index (χ1) is 12.2. The molecule has 2 heterocycles. The van der Waals surface area contributed by atoms with Gasteiger partial charge in [0.2, 0.25) is 0 Å². The molecule has 25 heavy (non-hydrogen) atoms. The molecule has 0 bridgehead atoms. The summed E-state index contributed by atoms with van der Waals surface area (Å²) in [6.45, 7) is 0.393. The molecule has 2 aromatic heterocycles. The number of anilines is 1. The fourth-order valence-corrected chi connectivity index (χ4v) is 2.73. The standard InChI is InChI=1S/C18H17N5O2/c24-15-8-6-13(7-9-15)19-11-14-10-16(25)23-18(20-14)21-17(22-23)12-4-2-1-3-5-12/h1-2,4,6-10,19,24H,3,5,11H2,(H,20,21,22). The van der Waals surface area contributed by atoms with Crippen LogP contribution in [0.4, 0.5) is 5.69 Å². The molecule has 0 radical (unpaired) electrons. The summed E-state index contributed by atoms with van der Waals surface area (Å²) in [6.07, 6.45) is 7.95. The largest absolute Gasteiger partial charge is 0.508 e. The minimum absolute atomic E-state index is 0.196. The molecular weight excluding hydrogens is 318 g/mol. The summed E-state index contributed by atoms with van der Waals surface area (Å²) in [6, 6.07) is 8.20. The molecular formula is C18H17N5O2. The van der Waals surface area contributed by atoms with Gasteiger partial charge in [-0.15, -0.1) is 0 Å². The fourth-order valence-electron chi connectivity index (χ4n) is 2.73. The number of hydrogen-bond acceptors (Lipinski definition) is 5. The van der Waals surface area contributed by atoms with Crippen molar-refractivity contribution in [2.24, 2.45) is 0 Å². The summed E-state index contributed by atoms with van der Waals surface area (Å²) < 4.78 is 1.36. The minimum atomic E-state index is -0.196. The van der Waals surface area contributed by atoms with Crippen molar-refractivity contribution in [1.82, 2.24) is 19.6 Å². The molecule has 0 spiro atoms. The van der Waals surface area contributed by atoms with Crippen molar-refractivity contribution in [3.63, 3.8) is 0 Å². The second-order valence-electron chi connectivity index (χ2n) is 5.85. The third-order valence-electron chi connectivity index (χ3n) is 4.04. The topological polar surface area (TPSA) is 95.3 Å². The van der Waals surface area contributed by atoms with Gasteiger partial charge in [0.25, 0.3) is 11.3 Å². The smallest absolute Gasteiger partial charge is 0.274 e. The van der Waals surface area contributed by atoms with Gasteiger partial charge in [-0.05, 0) is 42.7 Å². The summed E-state index contributed by atoms with van der Waals surface area (Å²) in [5.41, 5.74) is 2.31. The summed E-state index contributed by atoms with van der Waals surface area (Å²) in [5, 5.41) is 15.5. The molecule has 4 rings (SSSR count). The third kappa shape index (κ3) is 3.16. The van der Waals surface area contributed by atoms with Gasteiger partial charge in [0.15, 0.2) is 5.82 Å². The Bertz CT molecular complexity index is 1030. The van der Waals surface area contributed by atoms with Crippen molar-refractivity contribution in [3.05, 3.63) is 70.4 Å². The molecule has 0 unspecified atom stereocenters. The average Bonchev–Trinajstić information content (AvgIpc) is 3.07. The Morgan fingerprint density at radius 3 is 2.84 bits per heavy atom. The van der Waals surface area contributed by atoms with Crippen LogP contribution in [0.5, 0.6) is 5.75 Å². The van der Waals surface area contributed by atoms with Gasteiger partial charge in [-0.25, -0.2) is 4.98 Å². The SMILES string of the molecule is O=c1cc(CNc2ccc(O)cc2)nc2nc(C3=CC=CCC3)[nH]n12. The number of phenols is 1. The number of rotatable bonds is 4. The van der Waals surface area contributed by atoms with Gasteiger partial charge in [-0.3, -0.25) is 9.89 Å². The van der Waals surface area contributed by atoms with Crippen LogP contribution in [0.25, 0.3) is 11.4 Å². The first-order valence-electron chi connectivity index (χ1n) is 8.07. The van der Waals surface area contributed by atoms with Gasteiger partial charge in [-0.2, -0.15) is 9.50 Å². The fraction of sp³-hybridized carbons (Fsp3) is 0.167. The maximum Gasteiger partial charge on any atom is 0.274 e. The molecule has 3 N–H and O–H groups in total. The molecule has 3 aromatic rings. The Morgan fingerprint density at radius 1 is 1.24 bits per heavy atom. The number of phenolic OH excluding ortho intramolecular Hbond substituents is 1. The zero-order valence-electron chi connectivity index (χ0n) is 13.4. The zero-order chi connectivity index (χ0) is 17.2. The van der Waals surface area contributed by atoms with Gasteiger partial charge < -0.3 is 10.4 Å². The number of aromatic amines is 1. The number of hydrogen-bond donors (Lipinski definition) is 3. The Kier molecular flexibility index (Phi) is 3.81. The minimum Gasteiger partial charge on any atom is -0.508 e. The Labute approximate surface area is 143 Å². The zero-order valence-corrected chi connectivity index (χ0v) is 13.4. The van der Waals surface area contributed by atoms with E-state index in [2.05, 4.69) is 26.5 Å². The highest BCUT2D eigenvalue weighted by molar-refractivity contribution is 5.64. The molecule has 7 nitrogen and oxygen atoms in total. The van der Waals surface area contributed by atoms with Crippen LogP contribution in [-0.4, -0.2) is 24.7 Å². The van der Waals surface area contributed by atoms with Crippen LogP contribution in [0.2, 0.25) is 0 Å². The number of nitrogens with zero attached hydrogens (tertiary/aromatic N) is 3. The van der Waals surface area contributed by atoms with E-state index in [4.69, 9.17) is 0 Å². The van der Waals surface area contributed by atoms with Crippen LogP contribution in [0.1, 0.15) is 24.4 Å². The molecule has 1 aliphatic rings. The van der Waals surface area contributed by atoms with Crippen molar-refractivity contribution >= 4 is 17.0 Å². The summed E-state index contributed by atoms with van der Waals surface area (Å²) in [5.74, 6) is 1.25. The molecule has 0 saturated heterocycles. The predicted molar refractivity (Wildman–Crippen MR) is 95.4 cm³/mol. The number of nitrogens with one attached hydrogen (secondary N) is 2. The summed E-state index contributed by atoms with van der Waals surface area (Å²) in [4.78, 5) is 21.2. The summed E-state index contributed by atoms with van der Waals surface area (Å²) >= 11 is 0. The Morgan fingerprint density at radius 2 is 2.08 bits per heavy atom. The van der Waals surface area contributed by atoms with Crippen LogP contribution in [0.15, 0.2) is 53.4 Å². The lowest BCUT2D eigenvalue weighted by atomic mass is 10.1. The second kappa shape index (κ2) is 6.27. The van der Waals surface area contributed by atoms with Crippen LogP contribution in [0, 0.1) is 0 Å². The molecule has 0 fully saturated rings. The number of fused-ring (bicyclic) bond motifs is 1. The number of allylic oxidation sites excluding steroid dienone is 4. The first kappa shape index (κ1) is 15.2. The molecule has 0 saturated carbocycles. The van der Waals surface area contributed by atoms with E-state index < -0.39 is 0 Å². The quantitative estimate of drug-likeness (QED) is 0.637. The molecule has 1 aromatic carbocycles. The highest BCUT2D eigenvalue weighted by atomic mass is 16.3. The van der Waals surface area contributed by atoms with E-state index in [0.717, 1.165) is 24.1 Å². The first-order valence-corrected chi connectivity index (χ1v) is 8.07. The van der Waals surface area contributed by atoms with Crippen molar-refractivity contribution in [1.29, 1.82) is 0 Å². The van der Waals surface area contributed by atoms with E-state index in [1.54, 1.807) is 24.3 Å². The predicted octanol–water partition coefficient (Wildman–Crippen LogP) is 2.47. The molecule has 126 valence electrons. The lowest BCUT2D eigenvalue weighted by Crippen LogP contribution is -2.17. The average molecular weight is 335 g/mol. The van der Waals surface area contributed by atoms with Gasteiger partial charge >= 0.3 is 0 Å². The van der Waals surface area contributed by atoms with Gasteiger partial charge in [-0.1, -0.05) is 18.2 Å². The molecule has 7 heteroatoms. The van der Waals surface area contributed by atoms with E-state index >= 15 is 0 Å². The normalized spacial score (nSPS) is 13.8. The third-order valence-corrected chi connectivity index (χ3v) is 4.04. The molecule has 0 atom stereocenters. The maximum atomic E-state index is 12.3. The van der Waals surface area contributed by atoms with Crippen molar-refractivity contribution in [3.8, 4) is 5.75 Å². The second-order valence-corrected chi connectivity index (χ2v) is 5.85. The Balaban J connectivity index is 1.60. The molecule has 0 amide bonds. The van der Waals surface area contributed by atoms with Crippen LogP contribution >= 0.6 is 0 Å². The van der Waals surface area contributed by atoms with Crippen LogP contribution < -0.4 is 10.9 Å². The van der Waals surface area contributed by atoms with Crippen LogP contribution in [0.3, 0.4) is 0 Å². The van der Waals surface area contributed by atoms with Crippen molar-refractivity contribution in [2.75, 3.05) is 5.32 Å². The van der Waals surface area contributed by atoms with Gasteiger partial charge in [0.05, 0.1) is 12.2 Å². The van der Waals surface area contributed by atoms with Gasteiger partial charge in [0.1, 0.15) is 5.75 Å². The summed E-state index contributed by atoms with van der Waals surface area (Å²) in [7, 11) is 0.